The molecule has 0 amide bonds. The number of rotatable bonds is 1. The Bertz CT molecular complexity index is 537. The minimum absolute atomic E-state index is 0.122. The normalized spacial score (nSPS) is 11.9. The molecule has 0 aromatic heterocycles. The van der Waals surface area contributed by atoms with Crippen LogP contribution in [0, 0.1) is 0 Å². The van der Waals surface area contributed by atoms with Gasteiger partial charge in [0, 0.05) is 10.0 Å². The van der Waals surface area contributed by atoms with Crippen LogP contribution in [0.5, 0.6) is 0 Å². The third-order valence-electron chi connectivity index (χ3n) is 2.23. The van der Waals surface area contributed by atoms with Crippen molar-refractivity contribution in [3.63, 3.8) is 0 Å². The van der Waals surface area contributed by atoms with Crippen LogP contribution in [0.2, 0.25) is 0 Å². The molecule has 0 fully saturated rings. The molecule has 0 radical (unpaired) electrons. The van der Waals surface area contributed by atoms with Crippen molar-refractivity contribution >= 4 is 32.5 Å². The van der Waals surface area contributed by atoms with Crippen LogP contribution >= 0.6 is 15.9 Å². The van der Waals surface area contributed by atoms with Gasteiger partial charge in [-0.05, 0) is 22.9 Å². The van der Waals surface area contributed by atoms with Crippen LogP contribution < -0.4 is 5.73 Å². The summed E-state index contributed by atoms with van der Waals surface area (Å²) in [5.41, 5.74) is 6.22. The number of hydrogen-bond acceptors (Lipinski definition) is 2. The molecule has 2 aromatic carbocycles. The molecule has 2 rings (SSSR count). The molecule has 0 bridgehead atoms. The Labute approximate surface area is 95.3 Å². The lowest BCUT2D eigenvalue weighted by molar-refractivity contribution is 0.318. The van der Waals surface area contributed by atoms with Crippen molar-refractivity contribution in [2.75, 3.05) is 0 Å². The Morgan fingerprint density at radius 2 is 2.07 bits per heavy atom. The van der Waals surface area contributed by atoms with Gasteiger partial charge in [0.25, 0.3) is 0 Å². The van der Waals surface area contributed by atoms with E-state index in [0.29, 0.717) is 5.56 Å². The molecule has 4 heteroatoms. The predicted molar refractivity (Wildman–Crippen MR) is 64.2 cm³/mol. The number of benzene rings is 2. The fourth-order valence-electron chi connectivity index (χ4n) is 1.46. The van der Waals surface area contributed by atoms with E-state index in [1.807, 2.05) is 36.4 Å². The predicted octanol–water partition coefficient (Wildman–Crippen LogP) is 2.70. The molecule has 3 nitrogen and oxygen atoms in total. The molecule has 0 saturated carbocycles. The van der Waals surface area contributed by atoms with Gasteiger partial charge in [-0.15, -0.1) is 0 Å². The van der Waals surface area contributed by atoms with Crippen molar-refractivity contribution in [1.82, 2.24) is 0 Å². The van der Waals surface area contributed by atoms with Gasteiger partial charge in [0.2, 0.25) is 0 Å². The highest BCUT2D eigenvalue weighted by molar-refractivity contribution is 9.10. The first-order valence-electron chi connectivity index (χ1n) is 4.38. The zero-order chi connectivity index (χ0) is 10.8. The highest BCUT2D eigenvalue weighted by Gasteiger charge is 2.02. The van der Waals surface area contributed by atoms with E-state index in [4.69, 9.17) is 10.9 Å². The van der Waals surface area contributed by atoms with E-state index >= 15 is 0 Å². The highest BCUT2D eigenvalue weighted by Crippen LogP contribution is 2.24. The van der Waals surface area contributed by atoms with Crippen molar-refractivity contribution in [1.29, 1.82) is 0 Å². The lowest BCUT2D eigenvalue weighted by Crippen LogP contribution is -2.12. The lowest BCUT2D eigenvalue weighted by atomic mass is 10.1. The van der Waals surface area contributed by atoms with Gasteiger partial charge in [-0.2, -0.15) is 0 Å². The first-order chi connectivity index (χ1) is 7.22. The number of nitrogens with zero attached hydrogens (tertiary/aromatic N) is 1. The van der Waals surface area contributed by atoms with E-state index in [2.05, 4.69) is 21.1 Å². The van der Waals surface area contributed by atoms with Crippen molar-refractivity contribution in [3.05, 3.63) is 46.4 Å². The van der Waals surface area contributed by atoms with Crippen LogP contribution in [0.1, 0.15) is 5.56 Å². The third kappa shape index (κ3) is 1.80. The van der Waals surface area contributed by atoms with E-state index in [0.717, 1.165) is 15.2 Å². The average molecular weight is 265 g/mol. The molecular weight excluding hydrogens is 256 g/mol. The standard InChI is InChI=1S/C11H9BrN2O/c12-10-3-1-2-7-6-8(11(13)14-15)4-5-9(7)10/h1-6,15H,(H2,13,14). The molecule has 0 atom stereocenters. The fourth-order valence-corrected chi connectivity index (χ4v) is 1.97. The van der Waals surface area contributed by atoms with Crippen LogP contribution in [0.25, 0.3) is 10.8 Å². The summed E-state index contributed by atoms with van der Waals surface area (Å²) < 4.78 is 1.03. The van der Waals surface area contributed by atoms with E-state index in [1.165, 1.54) is 0 Å². The second-order valence-electron chi connectivity index (χ2n) is 3.16. The van der Waals surface area contributed by atoms with Crippen molar-refractivity contribution in [2.45, 2.75) is 0 Å². The van der Waals surface area contributed by atoms with Crippen LogP contribution in [-0.4, -0.2) is 11.0 Å². The molecule has 0 saturated heterocycles. The van der Waals surface area contributed by atoms with Gasteiger partial charge in [0.1, 0.15) is 0 Å². The van der Waals surface area contributed by atoms with Gasteiger partial charge < -0.3 is 10.9 Å². The van der Waals surface area contributed by atoms with Gasteiger partial charge in [0.05, 0.1) is 0 Å². The Hall–Kier alpha value is -1.55. The molecule has 0 aliphatic rings. The zero-order valence-electron chi connectivity index (χ0n) is 7.81. The molecule has 0 aliphatic heterocycles. The quantitative estimate of drug-likeness (QED) is 0.360. The van der Waals surface area contributed by atoms with Gasteiger partial charge in [-0.3, -0.25) is 0 Å². The molecule has 0 aliphatic carbocycles. The van der Waals surface area contributed by atoms with E-state index < -0.39 is 0 Å². The lowest BCUT2D eigenvalue weighted by Gasteiger charge is -2.03. The Balaban J connectivity index is 2.67. The topological polar surface area (TPSA) is 58.6 Å². The number of nitrogens with two attached hydrogens (primary N) is 1. The maximum absolute atomic E-state index is 8.57. The number of halogens is 1. The van der Waals surface area contributed by atoms with E-state index in [9.17, 15) is 0 Å². The van der Waals surface area contributed by atoms with Crippen LogP contribution in [0.15, 0.2) is 46.0 Å². The van der Waals surface area contributed by atoms with Crippen LogP contribution in [0.3, 0.4) is 0 Å². The van der Waals surface area contributed by atoms with Crippen molar-refractivity contribution < 1.29 is 5.21 Å². The summed E-state index contributed by atoms with van der Waals surface area (Å²) in [5.74, 6) is 0.122. The number of hydrogen-bond donors (Lipinski definition) is 2. The number of amidine groups is 1. The highest BCUT2D eigenvalue weighted by atomic mass is 79.9. The molecule has 76 valence electrons. The van der Waals surface area contributed by atoms with Gasteiger partial charge >= 0.3 is 0 Å². The summed E-state index contributed by atoms with van der Waals surface area (Å²) in [6.45, 7) is 0. The van der Waals surface area contributed by atoms with E-state index in [-0.39, 0.29) is 5.84 Å². The molecule has 2 aromatic rings. The molecule has 0 spiro atoms. The van der Waals surface area contributed by atoms with Gasteiger partial charge in [-0.1, -0.05) is 45.4 Å². The molecular formula is C11H9BrN2O. The largest absolute Gasteiger partial charge is 0.409 e. The summed E-state index contributed by atoms with van der Waals surface area (Å²) >= 11 is 3.46. The van der Waals surface area contributed by atoms with Crippen molar-refractivity contribution in [2.24, 2.45) is 10.9 Å². The summed E-state index contributed by atoms with van der Waals surface area (Å²) in [4.78, 5) is 0. The first-order valence-corrected chi connectivity index (χ1v) is 5.18. The zero-order valence-corrected chi connectivity index (χ0v) is 9.40. The molecule has 3 N–H and O–H groups in total. The maximum atomic E-state index is 8.57. The second-order valence-corrected chi connectivity index (χ2v) is 4.02. The fraction of sp³-hybridized carbons (Fsp3) is 0. The average Bonchev–Trinajstić information content (AvgIpc) is 2.28. The summed E-state index contributed by atoms with van der Waals surface area (Å²) in [5, 5.41) is 13.7. The Morgan fingerprint density at radius 3 is 2.80 bits per heavy atom. The monoisotopic (exact) mass is 264 g/mol. The number of fused-ring (bicyclic) bond motifs is 1. The summed E-state index contributed by atoms with van der Waals surface area (Å²) in [6, 6.07) is 11.5. The van der Waals surface area contributed by atoms with Crippen LogP contribution in [-0.2, 0) is 0 Å². The SMILES string of the molecule is NC(=NO)c1ccc2c(Br)cccc2c1. The Morgan fingerprint density at radius 1 is 1.27 bits per heavy atom. The maximum Gasteiger partial charge on any atom is 0.170 e. The molecule has 0 heterocycles. The van der Waals surface area contributed by atoms with Gasteiger partial charge in [0.15, 0.2) is 5.84 Å². The Kier molecular flexibility index (Phi) is 2.60. The second kappa shape index (κ2) is 3.90. The molecule has 15 heavy (non-hydrogen) atoms. The summed E-state index contributed by atoms with van der Waals surface area (Å²) in [6.07, 6.45) is 0. The minimum atomic E-state index is 0.122. The minimum Gasteiger partial charge on any atom is -0.409 e. The first kappa shape index (κ1) is 9.98. The summed E-state index contributed by atoms with van der Waals surface area (Å²) in [7, 11) is 0. The third-order valence-corrected chi connectivity index (χ3v) is 2.92. The van der Waals surface area contributed by atoms with Crippen molar-refractivity contribution in [3.8, 4) is 0 Å². The van der Waals surface area contributed by atoms with Gasteiger partial charge in [-0.25, -0.2) is 0 Å². The number of oxime groups is 1. The molecule has 0 unspecified atom stereocenters. The smallest absolute Gasteiger partial charge is 0.170 e. The van der Waals surface area contributed by atoms with E-state index in [1.54, 1.807) is 0 Å². The van der Waals surface area contributed by atoms with Crippen LogP contribution in [0.4, 0.5) is 0 Å².